The number of nitriles is 1. The molecule has 0 spiro atoms. The number of benzene rings is 1. The van der Waals surface area contributed by atoms with E-state index in [1.807, 2.05) is 13.0 Å². The van der Waals surface area contributed by atoms with Crippen molar-refractivity contribution in [3.63, 3.8) is 0 Å². The smallest absolute Gasteiger partial charge is 0.121 e. The monoisotopic (exact) mass is 269 g/mol. The standard InChI is InChI=1S/C11H12BrNO2/c1-2-14-3-4-15-11-6-9(8-13)5-10(12)7-11/h5-7H,2-4H2,1H3. The van der Waals surface area contributed by atoms with Crippen molar-refractivity contribution in [2.75, 3.05) is 19.8 Å². The van der Waals surface area contributed by atoms with E-state index >= 15 is 0 Å². The van der Waals surface area contributed by atoms with Gasteiger partial charge in [-0.1, -0.05) is 15.9 Å². The van der Waals surface area contributed by atoms with Crippen LogP contribution < -0.4 is 4.74 Å². The highest BCUT2D eigenvalue weighted by Gasteiger charge is 1.99. The minimum atomic E-state index is 0.495. The Bertz CT molecular complexity index is 360. The molecule has 0 fully saturated rings. The molecule has 80 valence electrons. The van der Waals surface area contributed by atoms with E-state index in [2.05, 4.69) is 22.0 Å². The summed E-state index contributed by atoms with van der Waals surface area (Å²) in [7, 11) is 0. The van der Waals surface area contributed by atoms with Gasteiger partial charge in [0.1, 0.15) is 12.4 Å². The van der Waals surface area contributed by atoms with Gasteiger partial charge in [0.25, 0.3) is 0 Å². The first-order valence-corrected chi connectivity index (χ1v) is 5.46. The third-order valence-electron chi connectivity index (χ3n) is 1.70. The third-order valence-corrected chi connectivity index (χ3v) is 2.16. The highest BCUT2D eigenvalue weighted by Crippen LogP contribution is 2.20. The van der Waals surface area contributed by atoms with Gasteiger partial charge >= 0.3 is 0 Å². The number of nitrogens with zero attached hydrogens (tertiary/aromatic N) is 1. The van der Waals surface area contributed by atoms with Gasteiger partial charge in [0.05, 0.1) is 18.2 Å². The fourth-order valence-corrected chi connectivity index (χ4v) is 1.55. The van der Waals surface area contributed by atoms with Crippen LogP contribution in [0.5, 0.6) is 5.75 Å². The lowest BCUT2D eigenvalue weighted by molar-refractivity contribution is 0.110. The molecule has 0 atom stereocenters. The van der Waals surface area contributed by atoms with Crippen LogP contribution in [-0.2, 0) is 4.74 Å². The van der Waals surface area contributed by atoms with Crippen molar-refractivity contribution in [2.45, 2.75) is 6.92 Å². The van der Waals surface area contributed by atoms with Crippen LogP contribution in [-0.4, -0.2) is 19.8 Å². The average Bonchev–Trinajstić information content (AvgIpc) is 2.23. The maximum Gasteiger partial charge on any atom is 0.121 e. The van der Waals surface area contributed by atoms with Crippen LogP contribution in [0.1, 0.15) is 12.5 Å². The first-order valence-electron chi connectivity index (χ1n) is 4.67. The summed E-state index contributed by atoms with van der Waals surface area (Å²) in [6, 6.07) is 7.35. The Balaban J connectivity index is 2.54. The second-order valence-electron chi connectivity index (χ2n) is 2.83. The zero-order valence-electron chi connectivity index (χ0n) is 8.50. The molecule has 0 aliphatic carbocycles. The van der Waals surface area contributed by atoms with E-state index < -0.39 is 0 Å². The van der Waals surface area contributed by atoms with Crippen molar-refractivity contribution in [1.29, 1.82) is 5.26 Å². The van der Waals surface area contributed by atoms with Gasteiger partial charge in [0.15, 0.2) is 0 Å². The molecule has 0 saturated heterocycles. The Morgan fingerprint density at radius 2 is 2.13 bits per heavy atom. The molecule has 0 saturated carbocycles. The Hall–Kier alpha value is -1.05. The molecule has 1 aromatic carbocycles. The quantitative estimate of drug-likeness (QED) is 0.772. The summed E-state index contributed by atoms with van der Waals surface area (Å²) in [6.07, 6.45) is 0. The van der Waals surface area contributed by atoms with Gasteiger partial charge in [0.2, 0.25) is 0 Å². The van der Waals surface area contributed by atoms with Crippen LogP contribution in [0.15, 0.2) is 22.7 Å². The number of rotatable bonds is 5. The first-order chi connectivity index (χ1) is 7.26. The molecule has 4 heteroatoms. The van der Waals surface area contributed by atoms with Gasteiger partial charge in [-0.2, -0.15) is 5.26 Å². The highest BCUT2D eigenvalue weighted by atomic mass is 79.9. The van der Waals surface area contributed by atoms with E-state index in [1.165, 1.54) is 0 Å². The number of ether oxygens (including phenoxy) is 2. The minimum absolute atomic E-state index is 0.495. The van der Waals surface area contributed by atoms with E-state index in [-0.39, 0.29) is 0 Å². The van der Waals surface area contributed by atoms with Crippen LogP contribution in [0, 0.1) is 11.3 Å². The van der Waals surface area contributed by atoms with E-state index in [9.17, 15) is 0 Å². The first kappa shape index (κ1) is 12.0. The lowest BCUT2D eigenvalue weighted by Crippen LogP contribution is -2.06. The number of hydrogen-bond acceptors (Lipinski definition) is 3. The molecule has 1 rings (SSSR count). The average molecular weight is 270 g/mol. The summed E-state index contributed by atoms with van der Waals surface area (Å²) in [5, 5.41) is 8.75. The maximum atomic E-state index is 8.75. The van der Waals surface area contributed by atoms with E-state index in [4.69, 9.17) is 14.7 Å². The van der Waals surface area contributed by atoms with Gasteiger partial charge < -0.3 is 9.47 Å². The largest absolute Gasteiger partial charge is 0.491 e. The molecular formula is C11H12BrNO2. The lowest BCUT2D eigenvalue weighted by atomic mass is 10.2. The molecule has 0 radical (unpaired) electrons. The van der Waals surface area contributed by atoms with E-state index in [0.717, 1.165) is 4.47 Å². The molecule has 0 heterocycles. The van der Waals surface area contributed by atoms with Gasteiger partial charge in [-0.05, 0) is 25.1 Å². The van der Waals surface area contributed by atoms with Gasteiger partial charge in [-0.15, -0.1) is 0 Å². The molecule has 15 heavy (non-hydrogen) atoms. The topological polar surface area (TPSA) is 42.2 Å². The molecule has 0 aliphatic rings. The molecular weight excluding hydrogens is 258 g/mol. The fraction of sp³-hybridized carbons (Fsp3) is 0.364. The maximum absolute atomic E-state index is 8.75. The molecule has 3 nitrogen and oxygen atoms in total. The summed E-state index contributed by atoms with van der Waals surface area (Å²) < 4.78 is 11.4. The van der Waals surface area contributed by atoms with Crippen molar-refractivity contribution in [3.8, 4) is 11.8 Å². The Morgan fingerprint density at radius 1 is 1.33 bits per heavy atom. The fourth-order valence-electron chi connectivity index (χ4n) is 1.07. The van der Waals surface area contributed by atoms with Crippen LogP contribution in [0.2, 0.25) is 0 Å². The zero-order chi connectivity index (χ0) is 11.1. The summed E-state index contributed by atoms with van der Waals surface area (Å²) in [6.45, 7) is 3.68. The number of halogens is 1. The van der Waals surface area contributed by atoms with E-state index in [1.54, 1.807) is 12.1 Å². The van der Waals surface area contributed by atoms with E-state index in [0.29, 0.717) is 31.1 Å². The van der Waals surface area contributed by atoms with Crippen molar-refractivity contribution < 1.29 is 9.47 Å². The predicted octanol–water partition coefficient (Wildman–Crippen LogP) is 2.74. The Morgan fingerprint density at radius 3 is 2.80 bits per heavy atom. The molecule has 0 aliphatic heterocycles. The normalized spacial score (nSPS) is 9.67. The highest BCUT2D eigenvalue weighted by molar-refractivity contribution is 9.10. The molecule has 0 N–H and O–H groups in total. The van der Waals surface area contributed by atoms with Crippen LogP contribution in [0.25, 0.3) is 0 Å². The van der Waals surface area contributed by atoms with Crippen molar-refractivity contribution in [1.82, 2.24) is 0 Å². The van der Waals surface area contributed by atoms with Crippen molar-refractivity contribution >= 4 is 15.9 Å². The van der Waals surface area contributed by atoms with Crippen molar-refractivity contribution in [2.24, 2.45) is 0 Å². The zero-order valence-corrected chi connectivity index (χ0v) is 10.1. The van der Waals surface area contributed by atoms with Gasteiger partial charge in [-0.25, -0.2) is 0 Å². The number of hydrogen-bond donors (Lipinski definition) is 0. The molecule has 0 bridgehead atoms. The molecule has 1 aromatic rings. The molecule has 0 amide bonds. The van der Waals surface area contributed by atoms with Crippen LogP contribution in [0.4, 0.5) is 0 Å². The van der Waals surface area contributed by atoms with Crippen LogP contribution >= 0.6 is 15.9 Å². The lowest BCUT2D eigenvalue weighted by Gasteiger charge is -2.06. The SMILES string of the molecule is CCOCCOc1cc(Br)cc(C#N)c1. The second kappa shape index (κ2) is 6.44. The summed E-state index contributed by atoms with van der Waals surface area (Å²) in [4.78, 5) is 0. The van der Waals surface area contributed by atoms with Crippen molar-refractivity contribution in [3.05, 3.63) is 28.2 Å². The molecule has 0 unspecified atom stereocenters. The third kappa shape index (κ3) is 4.32. The Kier molecular flexibility index (Phi) is 5.16. The summed E-state index contributed by atoms with van der Waals surface area (Å²) in [5.41, 5.74) is 0.579. The summed E-state index contributed by atoms with van der Waals surface area (Å²) in [5.74, 6) is 0.681. The minimum Gasteiger partial charge on any atom is -0.491 e. The van der Waals surface area contributed by atoms with Gasteiger partial charge in [-0.3, -0.25) is 0 Å². The van der Waals surface area contributed by atoms with Crippen LogP contribution in [0.3, 0.4) is 0 Å². The van der Waals surface area contributed by atoms with Gasteiger partial charge in [0, 0.05) is 11.1 Å². The summed E-state index contributed by atoms with van der Waals surface area (Å²) >= 11 is 3.31. The second-order valence-corrected chi connectivity index (χ2v) is 3.75. The predicted molar refractivity (Wildman–Crippen MR) is 60.8 cm³/mol. The Labute approximate surface area is 97.7 Å². The molecule has 0 aromatic heterocycles.